The van der Waals surface area contributed by atoms with Gasteiger partial charge in [0.05, 0.1) is 11.3 Å². The van der Waals surface area contributed by atoms with Gasteiger partial charge in [0.2, 0.25) is 0 Å². The van der Waals surface area contributed by atoms with Crippen molar-refractivity contribution < 1.29 is 9.47 Å². The van der Waals surface area contributed by atoms with Gasteiger partial charge in [0, 0.05) is 35.4 Å². The lowest BCUT2D eigenvalue weighted by atomic mass is 10.1. The zero-order valence-electron chi connectivity index (χ0n) is 17.9. The van der Waals surface area contributed by atoms with Crippen molar-refractivity contribution in [2.75, 3.05) is 0 Å². The smallest absolute Gasteiger partial charge is 0.140 e. The molecule has 0 N–H and O–H groups in total. The molecular formula is C28H17N2O2PS. The Kier molecular flexibility index (Phi) is 4.25. The Morgan fingerprint density at radius 1 is 0.529 bits per heavy atom. The molecule has 7 rings (SSSR count). The van der Waals surface area contributed by atoms with E-state index < -0.39 is 6.04 Å². The summed E-state index contributed by atoms with van der Waals surface area (Å²) in [7, 11) is 0. The first-order valence-corrected chi connectivity index (χ1v) is 13.7. The standard InChI is InChI=1S/C28H17N2O2PS/c34-33-26-16-20(18-8-12-29-13-9-18)4-6-22(26)31-24-2-1-3-25(28(24)33)32-23-7-5-21(17-27(23)33)19-10-14-30-15-11-19/h1-17H. The number of hydrogen-bond donors (Lipinski definition) is 0. The summed E-state index contributed by atoms with van der Waals surface area (Å²) in [6.45, 7) is 0. The Bertz CT molecular complexity index is 1520. The quantitative estimate of drug-likeness (QED) is 0.296. The summed E-state index contributed by atoms with van der Waals surface area (Å²) in [6, 6.07) is 24.2. The van der Waals surface area contributed by atoms with Gasteiger partial charge in [-0.2, -0.15) is 0 Å². The van der Waals surface area contributed by atoms with Crippen LogP contribution >= 0.6 is 6.04 Å². The van der Waals surface area contributed by atoms with Crippen LogP contribution in [0.2, 0.25) is 0 Å². The number of nitrogens with zero attached hydrogens (tertiary/aromatic N) is 2. The molecule has 3 aromatic carbocycles. The second-order valence-electron chi connectivity index (χ2n) is 8.25. The molecule has 4 heterocycles. The van der Waals surface area contributed by atoms with Crippen molar-refractivity contribution >= 4 is 33.8 Å². The zero-order valence-corrected chi connectivity index (χ0v) is 19.6. The summed E-state index contributed by atoms with van der Waals surface area (Å²) in [4.78, 5) is 8.33. The number of ether oxygens (including phenoxy) is 2. The molecule has 0 amide bonds. The zero-order chi connectivity index (χ0) is 22.7. The first kappa shape index (κ1) is 19.7. The third-order valence-electron chi connectivity index (χ3n) is 6.34. The molecule has 0 saturated heterocycles. The molecule has 2 aromatic heterocycles. The van der Waals surface area contributed by atoms with Crippen molar-refractivity contribution in [1.29, 1.82) is 0 Å². The SMILES string of the molecule is S=P12c3cc(-c4ccncc4)ccc3Oc3cccc(c31)Oc1ccc(-c3ccncc3)cc12. The molecule has 0 fully saturated rings. The van der Waals surface area contributed by atoms with E-state index in [2.05, 4.69) is 34.2 Å². The minimum atomic E-state index is -2.46. The minimum absolute atomic E-state index is 0.782. The van der Waals surface area contributed by atoms with E-state index in [1.807, 2.05) is 79.4 Å². The van der Waals surface area contributed by atoms with Gasteiger partial charge in [-0.15, -0.1) is 0 Å². The van der Waals surface area contributed by atoms with Gasteiger partial charge < -0.3 is 9.47 Å². The fraction of sp³-hybridized carbons (Fsp3) is 0. The van der Waals surface area contributed by atoms with Crippen molar-refractivity contribution in [2.45, 2.75) is 0 Å². The second kappa shape index (κ2) is 7.36. The van der Waals surface area contributed by atoms with Gasteiger partial charge in [-0.3, -0.25) is 9.97 Å². The fourth-order valence-corrected chi connectivity index (χ4v) is 9.23. The average Bonchev–Trinajstić information content (AvgIpc) is 2.90. The van der Waals surface area contributed by atoms with E-state index >= 15 is 0 Å². The van der Waals surface area contributed by atoms with Crippen LogP contribution in [0, 0.1) is 0 Å². The molecule has 2 aliphatic heterocycles. The number of aromatic nitrogens is 2. The average molecular weight is 476 g/mol. The van der Waals surface area contributed by atoms with Crippen LogP contribution in [-0.4, -0.2) is 9.97 Å². The third-order valence-corrected chi connectivity index (χ3v) is 11.2. The summed E-state index contributed by atoms with van der Waals surface area (Å²) in [5, 5.41) is 3.09. The van der Waals surface area contributed by atoms with Crippen LogP contribution in [0.3, 0.4) is 0 Å². The Hall–Kier alpha value is -3.79. The van der Waals surface area contributed by atoms with Crippen LogP contribution in [-0.2, 0) is 11.8 Å². The highest BCUT2D eigenvalue weighted by Crippen LogP contribution is 2.59. The van der Waals surface area contributed by atoms with Crippen LogP contribution in [0.1, 0.15) is 0 Å². The van der Waals surface area contributed by atoms with E-state index in [9.17, 15) is 0 Å². The highest BCUT2D eigenvalue weighted by atomic mass is 32.4. The Labute approximate surface area is 201 Å². The molecule has 6 heteroatoms. The minimum Gasteiger partial charge on any atom is -0.456 e. The maximum atomic E-state index is 6.70. The number of hydrogen-bond acceptors (Lipinski definition) is 5. The van der Waals surface area contributed by atoms with Gasteiger partial charge in [0.25, 0.3) is 0 Å². The summed E-state index contributed by atoms with van der Waals surface area (Å²) in [5.41, 5.74) is 4.37. The van der Waals surface area contributed by atoms with Gasteiger partial charge in [0.1, 0.15) is 23.0 Å². The summed E-state index contributed by atoms with van der Waals surface area (Å²) < 4.78 is 12.7. The van der Waals surface area contributed by atoms with Crippen molar-refractivity contribution in [3.63, 3.8) is 0 Å². The molecular weight excluding hydrogens is 459 g/mol. The van der Waals surface area contributed by atoms with Gasteiger partial charge in [-0.05, 0) is 82.9 Å². The molecule has 0 saturated carbocycles. The van der Waals surface area contributed by atoms with Gasteiger partial charge in [-0.25, -0.2) is 0 Å². The van der Waals surface area contributed by atoms with Crippen molar-refractivity contribution in [2.24, 2.45) is 0 Å². The topological polar surface area (TPSA) is 44.2 Å². The molecule has 0 aliphatic carbocycles. The largest absolute Gasteiger partial charge is 0.456 e. The van der Waals surface area contributed by atoms with Crippen LogP contribution in [0.4, 0.5) is 0 Å². The number of benzene rings is 3. The Morgan fingerprint density at radius 2 is 1.00 bits per heavy atom. The number of rotatable bonds is 2. The summed E-state index contributed by atoms with van der Waals surface area (Å²) >= 11 is 6.70. The van der Waals surface area contributed by atoms with E-state index in [4.69, 9.17) is 21.3 Å². The normalized spacial score (nSPS) is 14.1. The summed E-state index contributed by atoms with van der Waals surface area (Å²) in [5.74, 6) is 3.19. The first-order valence-electron chi connectivity index (χ1n) is 10.9. The van der Waals surface area contributed by atoms with Crippen LogP contribution < -0.4 is 25.4 Å². The predicted molar refractivity (Wildman–Crippen MR) is 139 cm³/mol. The van der Waals surface area contributed by atoms with Crippen LogP contribution in [0.15, 0.2) is 104 Å². The van der Waals surface area contributed by atoms with Crippen molar-refractivity contribution in [1.82, 2.24) is 9.97 Å². The Morgan fingerprint density at radius 3 is 1.47 bits per heavy atom. The maximum Gasteiger partial charge on any atom is 0.140 e. The lowest BCUT2D eigenvalue weighted by Gasteiger charge is -2.37. The third kappa shape index (κ3) is 2.81. The van der Waals surface area contributed by atoms with E-state index in [0.717, 1.165) is 61.2 Å². The number of fused-ring (bicyclic) bond motifs is 4. The predicted octanol–water partition coefficient (Wildman–Crippen LogP) is 5.78. The lowest BCUT2D eigenvalue weighted by molar-refractivity contribution is 0.466. The second-order valence-corrected chi connectivity index (χ2v) is 12.5. The van der Waals surface area contributed by atoms with Crippen molar-refractivity contribution in [3.8, 4) is 45.3 Å². The summed E-state index contributed by atoms with van der Waals surface area (Å²) in [6.07, 6.45) is 7.23. The van der Waals surface area contributed by atoms with Gasteiger partial charge >= 0.3 is 0 Å². The van der Waals surface area contributed by atoms with E-state index in [1.54, 1.807) is 0 Å². The molecule has 0 unspecified atom stereocenters. The maximum absolute atomic E-state index is 6.70. The fourth-order valence-electron chi connectivity index (χ4n) is 4.73. The molecule has 0 radical (unpaired) electrons. The molecule has 2 aliphatic rings. The molecule has 0 bridgehead atoms. The van der Waals surface area contributed by atoms with E-state index in [-0.39, 0.29) is 0 Å². The molecule has 0 atom stereocenters. The van der Waals surface area contributed by atoms with Crippen molar-refractivity contribution in [3.05, 3.63) is 104 Å². The number of pyridine rings is 2. The van der Waals surface area contributed by atoms with E-state index in [1.165, 1.54) is 0 Å². The highest BCUT2D eigenvalue weighted by molar-refractivity contribution is 8.26. The lowest BCUT2D eigenvalue weighted by Crippen LogP contribution is -2.35. The molecule has 0 spiro atoms. The van der Waals surface area contributed by atoms with Crippen LogP contribution in [0.25, 0.3) is 22.3 Å². The Balaban J connectivity index is 1.52. The monoisotopic (exact) mass is 476 g/mol. The first-order chi connectivity index (χ1) is 16.7. The van der Waals surface area contributed by atoms with E-state index in [0.29, 0.717) is 0 Å². The highest BCUT2D eigenvalue weighted by Gasteiger charge is 2.42. The molecule has 5 aromatic rings. The molecule has 162 valence electrons. The van der Waals surface area contributed by atoms with Crippen LogP contribution in [0.5, 0.6) is 23.0 Å². The van der Waals surface area contributed by atoms with Gasteiger partial charge in [0.15, 0.2) is 0 Å². The molecule has 34 heavy (non-hydrogen) atoms. The van der Waals surface area contributed by atoms with Gasteiger partial charge in [-0.1, -0.05) is 30.0 Å². The molecule has 4 nitrogen and oxygen atoms in total.